The van der Waals surface area contributed by atoms with Gasteiger partial charge < -0.3 is 15.7 Å². The van der Waals surface area contributed by atoms with Crippen molar-refractivity contribution in [2.24, 2.45) is 0 Å². The standard InChI is InChI=1S/C15H20N2O3/c1-15(8-5-9-16-15)14(20)17-12(13(18)19)10-11-6-3-2-4-7-11/h2-4,6-7,12,16H,5,8-10H2,1H3,(H,17,20)(H,18,19)/t12-,15?/m1/s1. The predicted molar refractivity (Wildman–Crippen MR) is 75.4 cm³/mol. The fraction of sp³-hybridized carbons (Fsp3) is 0.467. The maximum absolute atomic E-state index is 12.2. The number of hydrogen-bond acceptors (Lipinski definition) is 3. The first-order chi connectivity index (χ1) is 9.51. The molecule has 5 nitrogen and oxygen atoms in total. The summed E-state index contributed by atoms with van der Waals surface area (Å²) in [6, 6.07) is 8.41. The Morgan fingerprint density at radius 3 is 2.65 bits per heavy atom. The molecule has 1 aromatic carbocycles. The number of rotatable bonds is 5. The highest BCUT2D eigenvalue weighted by Crippen LogP contribution is 2.19. The molecule has 1 saturated heterocycles. The van der Waals surface area contributed by atoms with Crippen LogP contribution in [0.3, 0.4) is 0 Å². The van der Waals surface area contributed by atoms with Gasteiger partial charge in [-0.05, 0) is 31.9 Å². The van der Waals surface area contributed by atoms with Crippen molar-refractivity contribution < 1.29 is 14.7 Å². The minimum Gasteiger partial charge on any atom is -0.480 e. The number of nitrogens with one attached hydrogen (secondary N) is 2. The Morgan fingerprint density at radius 1 is 1.40 bits per heavy atom. The van der Waals surface area contributed by atoms with Gasteiger partial charge in [0.05, 0.1) is 5.54 Å². The summed E-state index contributed by atoms with van der Waals surface area (Å²) < 4.78 is 0. The summed E-state index contributed by atoms with van der Waals surface area (Å²) in [6.07, 6.45) is 1.95. The minimum absolute atomic E-state index is 0.238. The molecule has 0 saturated carbocycles. The monoisotopic (exact) mass is 276 g/mol. The van der Waals surface area contributed by atoms with Crippen LogP contribution in [0, 0.1) is 0 Å². The Balaban J connectivity index is 2.02. The average Bonchev–Trinajstić information content (AvgIpc) is 2.87. The van der Waals surface area contributed by atoms with E-state index in [-0.39, 0.29) is 12.3 Å². The summed E-state index contributed by atoms with van der Waals surface area (Å²) in [5.74, 6) is -1.25. The molecule has 1 aliphatic heterocycles. The van der Waals surface area contributed by atoms with Crippen LogP contribution in [-0.4, -0.2) is 35.1 Å². The smallest absolute Gasteiger partial charge is 0.326 e. The molecule has 1 aromatic rings. The Morgan fingerprint density at radius 2 is 2.10 bits per heavy atom. The van der Waals surface area contributed by atoms with Crippen molar-refractivity contribution in [1.29, 1.82) is 0 Å². The third kappa shape index (κ3) is 3.36. The van der Waals surface area contributed by atoms with Crippen molar-refractivity contribution >= 4 is 11.9 Å². The summed E-state index contributed by atoms with van der Waals surface area (Å²) in [5, 5.41) is 15.1. The fourth-order valence-electron chi connectivity index (χ4n) is 2.46. The van der Waals surface area contributed by atoms with Crippen molar-refractivity contribution in [3.05, 3.63) is 35.9 Å². The van der Waals surface area contributed by atoms with Crippen molar-refractivity contribution in [3.8, 4) is 0 Å². The highest BCUT2D eigenvalue weighted by atomic mass is 16.4. The van der Waals surface area contributed by atoms with Gasteiger partial charge in [0.1, 0.15) is 6.04 Å². The van der Waals surface area contributed by atoms with E-state index < -0.39 is 17.6 Å². The molecule has 1 amide bonds. The van der Waals surface area contributed by atoms with Crippen LogP contribution < -0.4 is 10.6 Å². The first kappa shape index (κ1) is 14.5. The Kier molecular flexibility index (Phi) is 4.39. The molecule has 0 aliphatic carbocycles. The zero-order chi connectivity index (χ0) is 14.6. The van der Waals surface area contributed by atoms with Crippen LogP contribution in [0.5, 0.6) is 0 Å². The number of aliphatic carboxylic acids is 1. The molecule has 0 aromatic heterocycles. The van der Waals surface area contributed by atoms with Gasteiger partial charge in [-0.2, -0.15) is 0 Å². The van der Waals surface area contributed by atoms with E-state index in [1.54, 1.807) is 0 Å². The largest absolute Gasteiger partial charge is 0.480 e. The highest BCUT2D eigenvalue weighted by molar-refractivity contribution is 5.90. The van der Waals surface area contributed by atoms with Gasteiger partial charge in [-0.15, -0.1) is 0 Å². The number of hydrogen-bond donors (Lipinski definition) is 3. The first-order valence-corrected chi connectivity index (χ1v) is 6.84. The fourth-order valence-corrected chi connectivity index (χ4v) is 2.46. The van der Waals surface area contributed by atoms with E-state index in [9.17, 15) is 14.7 Å². The second-order valence-electron chi connectivity index (χ2n) is 5.42. The maximum Gasteiger partial charge on any atom is 0.326 e. The predicted octanol–water partition coefficient (Wildman–Crippen LogP) is 0.941. The lowest BCUT2D eigenvalue weighted by atomic mass is 9.98. The molecule has 2 atom stereocenters. The number of benzene rings is 1. The van der Waals surface area contributed by atoms with Crippen molar-refractivity contribution in [2.75, 3.05) is 6.54 Å². The van der Waals surface area contributed by atoms with E-state index in [4.69, 9.17) is 0 Å². The van der Waals surface area contributed by atoms with Crippen molar-refractivity contribution in [1.82, 2.24) is 10.6 Å². The van der Waals surface area contributed by atoms with E-state index in [2.05, 4.69) is 10.6 Å². The van der Waals surface area contributed by atoms with E-state index in [1.165, 1.54) is 0 Å². The van der Waals surface area contributed by atoms with Gasteiger partial charge in [-0.3, -0.25) is 4.79 Å². The average molecular weight is 276 g/mol. The number of carbonyl (C=O) groups excluding carboxylic acids is 1. The number of carbonyl (C=O) groups is 2. The molecule has 1 fully saturated rings. The lowest BCUT2D eigenvalue weighted by Crippen LogP contribution is -2.55. The second-order valence-corrected chi connectivity index (χ2v) is 5.42. The molecule has 2 rings (SSSR count). The number of carboxylic acids is 1. The topological polar surface area (TPSA) is 78.4 Å². The minimum atomic E-state index is -1.01. The molecule has 1 unspecified atom stereocenters. The number of carboxylic acid groups (broad SMARTS) is 1. The lowest BCUT2D eigenvalue weighted by Gasteiger charge is -2.25. The molecule has 0 spiro atoms. The van der Waals surface area contributed by atoms with Crippen molar-refractivity contribution in [3.63, 3.8) is 0 Å². The van der Waals surface area contributed by atoms with E-state index >= 15 is 0 Å². The van der Waals surface area contributed by atoms with Gasteiger partial charge in [-0.1, -0.05) is 30.3 Å². The third-order valence-electron chi connectivity index (χ3n) is 3.76. The molecule has 1 heterocycles. The summed E-state index contributed by atoms with van der Waals surface area (Å²) in [5.41, 5.74) is 0.245. The molecular formula is C15H20N2O3. The van der Waals surface area contributed by atoms with Gasteiger partial charge in [0, 0.05) is 6.42 Å². The van der Waals surface area contributed by atoms with Gasteiger partial charge in [0.2, 0.25) is 5.91 Å². The first-order valence-electron chi connectivity index (χ1n) is 6.84. The Hall–Kier alpha value is -1.88. The van der Waals surface area contributed by atoms with Gasteiger partial charge in [0.15, 0.2) is 0 Å². The molecule has 1 aliphatic rings. The third-order valence-corrected chi connectivity index (χ3v) is 3.76. The van der Waals surface area contributed by atoms with Gasteiger partial charge in [0.25, 0.3) is 0 Å². The molecule has 5 heteroatoms. The zero-order valence-corrected chi connectivity index (χ0v) is 11.6. The molecule has 0 radical (unpaired) electrons. The van der Waals surface area contributed by atoms with Gasteiger partial charge >= 0.3 is 5.97 Å². The highest BCUT2D eigenvalue weighted by Gasteiger charge is 2.37. The summed E-state index contributed by atoms with van der Waals surface area (Å²) >= 11 is 0. The van der Waals surface area contributed by atoms with Crippen LogP contribution in [0.1, 0.15) is 25.3 Å². The lowest BCUT2D eigenvalue weighted by molar-refractivity contribution is -0.142. The molecule has 20 heavy (non-hydrogen) atoms. The van der Waals surface area contributed by atoms with Crippen LogP contribution in [0.2, 0.25) is 0 Å². The second kappa shape index (κ2) is 6.05. The summed E-state index contributed by atoms with van der Waals surface area (Å²) in [4.78, 5) is 23.6. The van der Waals surface area contributed by atoms with E-state index in [0.717, 1.165) is 24.9 Å². The van der Waals surface area contributed by atoms with Gasteiger partial charge in [-0.25, -0.2) is 4.79 Å². The van der Waals surface area contributed by atoms with Crippen LogP contribution in [-0.2, 0) is 16.0 Å². The van der Waals surface area contributed by atoms with Crippen LogP contribution >= 0.6 is 0 Å². The molecule has 0 bridgehead atoms. The Labute approximate surface area is 118 Å². The summed E-state index contributed by atoms with van der Waals surface area (Å²) in [6.45, 7) is 2.61. The Bertz CT molecular complexity index is 481. The maximum atomic E-state index is 12.2. The zero-order valence-electron chi connectivity index (χ0n) is 11.6. The normalized spacial score (nSPS) is 23.2. The van der Waals surface area contributed by atoms with E-state index in [0.29, 0.717) is 0 Å². The SMILES string of the molecule is CC1(C(=O)N[C@H](Cc2ccccc2)C(=O)O)CCCN1. The molecular weight excluding hydrogens is 256 g/mol. The summed E-state index contributed by atoms with van der Waals surface area (Å²) in [7, 11) is 0. The molecule has 3 N–H and O–H groups in total. The molecule has 108 valence electrons. The van der Waals surface area contributed by atoms with Crippen molar-refractivity contribution in [2.45, 2.75) is 37.8 Å². The van der Waals surface area contributed by atoms with E-state index in [1.807, 2.05) is 37.3 Å². The van der Waals surface area contributed by atoms with Crippen LogP contribution in [0.4, 0.5) is 0 Å². The van der Waals surface area contributed by atoms with Crippen LogP contribution in [0.25, 0.3) is 0 Å². The number of amides is 1. The quantitative estimate of drug-likeness (QED) is 0.748. The van der Waals surface area contributed by atoms with Crippen LogP contribution in [0.15, 0.2) is 30.3 Å².